The number of hydrogen-bond donors (Lipinski definition) is 2. The second kappa shape index (κ2) is 6.99. The van der Waals surface area contributed by atoms with Crippen LogP contribution in [0.5, 0.6) is 0 Å². The summed E-state index contributed by atoms with van der Waals surface area (Å²) in [4.78, 5) is 2.54. The fourth-order valence-corrected chi connectivity index (χ4v) is 3.27. The summed E-state index contributed by atoms with van der Waals surface area (Å²) < 4.78 is 0. The largest absolute Gasteiger partial charge is 0.378 e. The number of hydrogen-bond acceptors (Lipinski definition) is 3. The quantitative estimate of drug-likeness (QED) is 0.892. The summed E-state index contributed by atoms with van der Waals surface area (Å²) in [5.74, 6) is 0. The van der Waals surface area contributed by atoms with E-state index in [9.17, 15) is 0 Å². The van der Waals surface area contributed by atoms with Gasteiger partial charge in [0.1, 0.15) is 0 Å². The Bertz CT molecular complexity index is 475. The smallest absolute Gasteiger partial charge is 0.0508 e. The topological polar surface area (TPSA) is 41.3 Å². The van der Waals surface area contributed by atoms with E-state index in [0.29, 0.717) is 12.6 Å². The van der Waals surface area contributed by atoms with Crippen LogP contribution in [0, 0.1) is 6.92 Å². The second-order valence-electron chi connectivity index (χ2n) is 6.56. The van der Waals surface area contributed by atoms with Gasteiger partial charge in [-0.25, -0.2) is 0 Å². The molecule has 2 rings (SSSR count). The highest BCUT2D eigenvalue weighted by Gasteiger charge is 2.31. The zero-order valence-corrected chi connectivity index (χ0v) is 14.2. The number of aryl methyl sites for hydroxylation is 1. The van der Waals surface area contributed by atoms with Crippen LogP contribution in [0.1, 0.15) is 38.7 Å². The van der Waals surface area contributed by atoms with Crippen molar-refractivity contribution in [3.8, 4) is 0 Å². The van der Waals surface area contributed by atoms with Gasteiger partial charge in [-0.2, -0.15) is 0 Å². The summed E-state index contributed by atoms with van der Waals surface area (Å²) in [5, 5.41) is 4.49. The molecule has 0 amide bonds. The molecule has 0 spiro atoms. The van der Waals surface area contributed by atoms with Crippen LogP contribution >= 0.6 is 11.6 Å². The Morgan fingerprint density at radius 1 is 1.33 bits per heavy atom. The maximum absolute atomic E-state index is 6.24. The van der Waals surface area contributed by atoms with E-state index in [1.54, 1.807) is 0 Å². The van der Waals surface area contributed by atoms with Crippen molar-refractivity contribution in [3.63, 3.8) is 0 Å². The average molecular weight is 310 g/mol. The van der Waals surface area contributed by atoms with Crippen LogP contribution in [0.3, 0.4) is 0 Å². The lowest BCUT2D eigenvalue weighted by molar-refractivity contribution is 0.227. The molecule has 1 aliphatic rings. The van der Waals surface area contributed by atoms with Gasteiger partial charge in [0, 0.05) is 29.8 Å². The normalized spacial score (nSPS) is 24.1. The molecule has 0 aliphatic carbocycles. The first-order valence-electron chi connectivity index (χ1n) is 7.94. The number of likely N-dealkylation sites (tertiary alicyclic amines) is 1. The molecular weight excluding hydrogens is 282 g/mol. The molecule has 0 aromatic heterocycles. The molecule has 1 atom stereocenters. The van der Waals surface area contributed by atoms with Crippen LogP contribution < -0.4 is 11.1 Å². The Morgan fingerprint density at radius 3 is 2.71 bits per heavy atom. The van der Waals surface area contributed by atoms with E-state index in [-0.39, 0.29) is 5.54 Å². The highest BCUT2D eigenvalue weighted by molar-refractivity contribution is 6.31. The third-order valence-corrected chi connectivity index (χ3v) is 5.09. The lowest BCUT2D eigenvalue weighted by atomic mass is 9.90. The molecule has 1 saturated heterocycles. The van der Waals surface area contributed by atoms with Gasteiger partial charge < -0.3 is 16.0 Å². The number of nitrogens with one attached hydrogen (secondary N) is 1. The van der Waals surface area contributed by atoms with Crippen molar-refractivity contribution in [2.75, 3.05) is 25.0 Å². The van der Waals surface area contributed by atoms with E-state index in [1.165, 1.54) is 6.42 Å². The van der Waals surface area contributed by atoms with Crippen molar-refractivity contribution < 1.29 is 0 Å². The maximum Gasteiger partial charge on any atom is 0.0508 e. The highest BCUT2D eigenvalue weighted by Crippen LogP contribution is 2.29. The van der Waals surface area contributed by atoms with Crippen molar-refractivity contribution >= 4 is 17.3 Å². The van der Waals surface area contributed by atoms with Crippen molar-refractivity contribution in [3.05, 3.63) is 28.8 Å². The Labute approximate surface area is 133 Å². The molecule has 4 heteroatoms. The third kappa shape index (κ3) is 4.12. The van der Waals surface area contributed by atoms with Gasteiger partial charge in [0.25, 0.3) is 0 Å². The molecule has 0 saturated carbocycles. The van der Waals surface area contributed by atoms with Gasteiger partial charge in [-0.05, 0) is 64.3 Å². The molecule has 3 nitrogen and oxygen atoms in total. The number of nitrogens with zero attached hydrogens (tertiary/aromatic N) is 1. The number of halogens is 1. The van der Waals surface area contributed by atoms with E-state index in [2.05, 4.69) is 36.2 Å². The number of rotatable bonds is 4. The Morgan fingerprint density at radius 2 is 2.10 bits per heavy atom. The zero-order valence-electron chi connectivity index (χ0n) is 13.5. The summed E-state index contributed by atoms with van der Waals surface area (Å²) in [6.07, 6.45) is 3.37. The molecule has 0 bridgehead atoms. The molecule has 3 N–H and O–H groups in total. The molecule has 1 unspecified atom stereocenters. The molecule has 1 aliphatic heterocycles. The van der Waals surface area contributed by atoms with Crippen LogP contribution in [0.25, 0.3) is 0 Å². The predicted molar refractivity (Wildman–Crippen MR) is 92.2 cm³/mol. The van der Waals surface area contributed by atoms with Gasteiger partial charge >= 0.3 is 0 Å². The van der Waals surface area contributed by atoms with E-state index < -0.39 is 0 Å². The first-order chi connectivity index (χ1) is 9.96. The van der Waals surface area contributed by atoms with Crippen molar-refractivity contribution in [1.29, 1.82) is 0 Å². The molecule has 0 radical (unpaired) electrons. The lowest BCUT2D eigenvalue weighted by Gasteiger charge is -2.34. The molecule has 1 fully saturated rings. The summed E-state index contributed by atoms with van der Waals surface area (Å²) in [6.45, 7) is 9.48. The minimum absolute atomic E-state index is 0.0117. The van der Waals surface area contributed by atoms with E-state index >= 15 is 0 Å². The molecule has 1 heterocycles. The van der Waals surface area contributed by atoms with Crippen LogP contribution in [-0.2, 0) is 0 Å². The number of benzene rings is 1. The minimum atomic E-state index is -0.0117. The molecule has 1 aromatic rings. The number of nitrogens with two attached hydrogens (primary N) is 1. The minimum Gasteiger partial charge on any atom is -0.378 e. The van der Waals surface area contributed by atoms with E-state index in [0.717, 1.165) is 42.2 Å². The second-order valence-corrected chi connectivity index (χ2v) is 6.96. The van der Waals surface area contributed by atoms with Gasteiger partial charge in [-0.1, -0.05) is 17.7 Å². The SMILES string of the molecule is Cc1ccc(NC2(CN)CCCN(C(C)C)CC2)cc1Cl. The summed E-state index contributed by atoms with van der Waals surface area (Å²) in [5.41, 5.74) is 8.30. The molecule has 1 aromatic carbocycles. The van der Waals surface area contributed by atoms with Crippen LogP contribution in [0.15, 0.2) is 18.2 Å². The van der Waals surface area contributed by atoms with Crippen molar-refractivity contribution in [2.45, 2.75) is 51.6 Å². The van der Waals surface area contributed by atoms with Crippen LogP contribution in [0.4, 0.5) is 5.69 Å². The predicted octanol–water partition coefficient (Wildman–Crippen LogP) is 3.65. The molecular formula is C17H28ClN3. The van der Waals surface area contributed by atoms with Crippen molar-refractivity contribution in [2.24, 2.45) is 5.73 Å². The van der Waals surface area contributed by atoms with Gasteiger partial charge in [-0.3, -0.25) is 0 Å². The average Bonchev–Trinajstić information content (AvgIpc) is 2.66. The number of anilines is 1. The fraction of sp³-hybridized carbons (Fsp3) is 0.647. The van der Waals surface area contributed by atoms with Crippen LogP contribution in [0.2, 0.25) is 5.02 Å². The molecule has 21 heavy (non-hydrogen) atoms. The monoisotopic (exact) mass is 309 g/mol. The first-order valence-corrected chi connectivity index (χ1v) is 8.32. The molecule has 118 valence electrons. The van der Waals surface area contributed by atoms with E-state index in [4.69, 9.17) is 17.3 Å². The summed E-state index contributed by atoms with van der Waals surface area (Å²) >= 11 is 6.24. The highest BCUT2D eigenvalue weighted by atomic mass is 35.5. The van der Waals surface area contributed by atoms with Gasteiger partial charge in [0.15, 0.2) is 0 Å². The van der Waals surface area contributed by atoms with E-state index in [1.807, 2.05) is 13.0 Å². The fourth-order valence-electron chi connectivity index (χ4n) is 3.09. The Balaban J connectivity index is 2.12. The Kier molecular flexibility index (Phi) is 5.53. The lowest BCUT2D eigenvalue weighted by Crippen LogP contribution is -2.46. The summed E-state index contributed by atoms with van der Waals surface area (Å²) in [7, 11) is 0. The Hall–Kier alpha value is -0.770. The standard InChI is InChI=1S/C17H28ClN3/c1-13(2)21-9-4-7-17(12-19,8-10-21)20-15-6-5-14(3)16(18)11-15/h5-6,11,13,20H,4,7-10,12,19H2,1-3H3. The van der Waals surface area contributed by atoms with Gasteiger partial charge in [0.2, 0.25) is 0 Å². The first kappa shape index (κ1) is 16.6. The maximum atomic E-state index is 6.24. The van der Waals surface area contributed by atoms with Crippen LogP contribution in [-0.4, -0.2) is 36.1 Å². The van der Waals surface area contributed by atoms with Crippen molar-refractivity contribution in [1.82, 2.24) is 4.90 Å². The van der Waals surface area contributed by atoms with Gasteiger partial charge in [-0.15, -0.1) is 0 Å². The summed E-state index contributed by atoms with van der Waals surface area (Å²) in [6, 6.07) is 6.78. The van der Waals surface area contributed by atoms with Gasteiger partial charge in [0.05, 0.1) is 5.54 Å². The third-order valence-electron chi connectivity index (χ3n) is 4.68. The zero-order chi connectivity index (χ0) is 15.5.